The molecule has 4 heteroatoms. The first kappa shape index (κ1) is 19.4. The summed E-state index contributed by atoms with van der Waals surface area (Å²) in [7, 11) is 0. The maximum atomic E-state index is 13.0. The van der Waals surface area contributed by atoms with Crippen molar-refractivity contribution in [3.8, 4) is 0 Å². The molecular formula is C23H31N3O. The molecular weight excluding hydrogens is 334 g/mol. The van der Waals surface area contributed by atoms with Gasteiger partial charge < -0.3 is 10.2 Å². The number of aromatic nitrogens is 1. The number of nitrogens with zero attached hydrogens (tertiary/aromatic N) is 2. The summed E-state index contributed by atoms with van der Waals surface area (Å²) in [4.78, 5) is 19.3. The standard InChI is InChI=1S/C23H31N3O/c1-5-21-8-6-7-13-26(21)22(27)17-14-20(16-24-15-17)25-19-11-9-18(10-12-19)23(2,3)4/h9-12,14-16,21,25H,5-8,13H2,1-4H3. The Morgan fingerprint density at radius 3 is 2.56 bits per heavy atom. The normalized spacial score (nSPS) is 17.6. The van der Waals surface area contributed by atoms with E-state index < -0.39 is 0 Å². The summed E-state index contributed by atoms with van der Waals surface area (Å²) in [6.45, 7) is 9.63. The average Bonchev–Trinajstić information content (AvgIpc) is 2.67. The quantitative estimate of drug-likeness (QED) is 0.775. The molecule has 1 aromatic heterocycles. The van der Waals surface area contributed by atoms with Crippen LogP contribution < -0.4 is 5.32 Å². The van der Waals surface area contributed by atoms with Crippen molar-refractivity contribution in [3.05, 3.63) is 53.9 Å². The molecule has 144 valence electrons. The monoisotopic (exact) mass is 365 g/mol. The van der Waals surface area contributed by atoms with Crippen LogP contribution in [-0.2, 0) is 5.41 Å². The first-order valence-corrected chi connectivity index (χ1v) is 10.0. The fourth-order valence-electron chi connectivity index (χ4n) is 3.70. The molecule has 1 saturated heterocycles. The number of hydrogen-bond acceptors (Lipinski definition) is 3. The van der Waals surface area contributed by atoms with Gasteiger partial charge in [0.1, 0.15) is 0 Å². The molecule has 1 N–H and O–H groups in total. The Balaban J connectivity index is 1.74. The fourth-order valence-corrected chi connectivity index (χ4v) is 3.70. The van der Waals surface area contributed by atoms with Gasteiger partial charge in [-0.2, -0.15) is 0 Å². The van der Waals surface area contributed by atoms with Crippen molar-refractivity contribution in [2.75, 3.05) is 11.9 Å². The maximum absolute atomic E-state index is 13.0. The van der Waals surface area contributed by atoms with Crippen LogP contribution in [0.5, 0.6) is 0 Å². The zero-order chi connectivity index (χ0) is 19.4. The summed E-state index contributed by atoms with van der Waals surface area (Å²) < 4.78 is 0. The molecule has 1 atom stereocenters. The molecule has 0 bridgehead atoms. The molecule has 2 heterocycles. The molecule has 0 radical (unpaired) electrons. The second-order valence-corrected chi connectivity index (χ2v) is 8.47. The minimum Gasteiger partial charge on any atom is -0.354 e. The van der Waals surface area contributed by atoms with E-state index in [1.54, 1.807) is 12.4 Å². The number of anilines is 2. The molecule has 0 spiro atoms. The van der Waals surface area contributed by atoms with Gasteiger partial charge in [-0.1, -0.05) is 39.8 Å². The number of carbonyl (C=O) groups is 1. The van der Waals surface area contributed by atoms with Crippen LogP contribution in [0.15, 0.2) is 42.7 Å². The molecule has 1 fully saturated rings. The number of nitrogens with one attached hydrogen (secondary N) is 1. The molecule has 2 aromatic rings. The van der Waals surface area contributed by atoms with Crippen LogP contribution in [0.1, 0.15) is 69.3 Å². The molecule has 1 amide bonds. The van der Waals surface area contributed by atoms with Gasteiger partial charge in [0.2, 0.25) is 0 Å². The van der Waals surface area contributed by atoms with Crippen molar-refractivity contribution in [3.63, 3.8) is 0 Å². The van der Waals surface area contributed by atoms with Crippen LogP contribution in [0.2, 0.25) is 0 Å². The molecule has 1 aromatic carbocycles. The van der Waals surface area contributed by atoms with Gasteiger partial charge in [0.15, 0.2) is 0 Å². The lowest BCUT2D eigenvalue weighted by molar-refractivity contribution is 0.0607. The molecule has 4 nitrogen and oxygen atoms in total. The molecule has 1 aliphatic heterocycles. The molecule has 0 aliphatic carbocycles. The first-order chi connectivity index (χ1) is 12.9. The summed E-state index contributed by atoms with van der Waals surface area (Å²) in [5, 5.41) is 3.37. The van der Waals surface area contributed by atoms with E-state index in [2.05, 4.69) is 62.3 Å². The van der Waals surface area contributed by atoms with E-state index in [0.29, 0.717) is 11.6 Å². The maximum Gasteiger partial charge on any atom is 0.255 e. The van der Waals surface area contributed by atoms with Crippen LogP contribution >= 0.6 is 0 Å². The third-order valence-corrected chi connectivity index (χ3v) is 5.38. The number of benzene rings is 1. The number of hydrogen-bond donors (Lipinski definition) is 1. The van der Waals surface area contributed by atoms with Crippen LogP contribution in [0.4, 0.5) is 11.4 Å². The third-order valence-electron chi connectivity index (χ3n) is 5.38. The van der Waals surface area contributed by atoms with Crippen molar-refractivity contribution in [2.45, 2.75) is 64.8 Å². The number of likely N-dealkylation sites (tertiary alicyclic amines) is 1. The Kier molecular flexibility index (Phi) is 5.83. The van der Waals surface area contributed by atoms with Crippen LogP contribution in [-0.4, -0.2) is 28.4 Å². The van der Waals surface area contributed by atoms with Gasteiger partial charge in [-0.3, -0.25) is 9.78 Å². The molecule has 0 saturated carbocycles. The van der Waals surface area contributed by atoms with Gasteiger partial charge in [0.25, 0.3) is 5.91 Å². The summed E-state index contributed by atoms with van der Waals surface area (Å²) >= 11 is 0. The van der Waals surface area contributed by atoms with E-state index in [4.69, 9.17) is 0 Å². The largest absolute Gasteiger partial charge is 0.354 e. The zero-order valence-corrected chi connectivity index (χ0v) is 17.0. The van der Waals surface area contributed by atoms with Gasteiger partial charge in [-0.15, -0.1) is 0 Å². The predicted octanol–water partition coefficient (Wildman–Crippen LogP) is 5.53. The third kappa shape index (κ3) is 4.68. The van der Waals surface area contributed by atoms with Crippen molar-refractivity contribution < 1.29 is 4.79 Å². The number of piperidine rings is 1. The van der Waals surface area contributed by atoms with Crippen molar-refractivity contribution >= 4 is 17.3 Å². The van der Waals surface area contributed by atoms with Gasteiger partial charge in [0, 0.05) is 24.5 Å². The SMILES string of the molecule is CCC1CCCCN1C(=O)c1cncc(Nc2ccc(C(C)(C)C)cc2)c1. The van der Waals surface area contributed by atoms with Gasteiger partial charge in [-0.25, -0.2) is 0 Å². The van der Waals surface area contributed by atoms with Gasteiger partial charge in [0.05, 0.1) is 17.4 Å². The van der Waals surface area contributed by atoms with Crippen LogP contribution in [0, 0.1) is 0 Å². The van der Waals surface area contributed by atoms with E-state index in [1.807, 2.05) is 11.0 Å². The second-order valence-electron chi connectivity index (χ2n) is 8.47. The zero-order valence-electron chi connectivity index (χ0n) is 17.0. The summed E-state index contributed by atoms with van der Waals surface area (Å²) in [6.07, 6.45) is 7.87. The summed E-state index contributed by atoms with van der Waals surface area (Å²) in [5.74, 6) is 0.0979. The fraction of sp³-hybridized carbons (Fsp3) is 0.478. The Hall–Kier alpha value is -2.36. The van der Waals surface area contributed by atoms with E-state index in [9.17, 15) is 4.79 Å². The molecule has 3 rings (SSSR count). The average molecular weight is 366 g/mol. The molecule has 1 unspecified atom stereocenters. The number of carbonyl (C=O) groups excluding carboxylic acids is 1. The van der Waals surface area contributed by atoms with E-state index in [-0.39, 0.29) is 11.3 Å². The van der Waals surface area contributed by atoms with Crippen molar-refractivity contribution in [2.24, 2.45) is 0 Å². The highest BCUT2D eigenvalue weighted by Crippen LogP contribution is 2.26. The predicted molar refractivity (Wildman–Crippen MR) is 112 cm³/mol. The number of amides is 1. The minimum atomic E-state index is 0.0979. The highest BCUT2D eigenvalue weighted by molar-refractivity contribution is 5.95. The van der Waals surface area contributed by atoms with Crippen molar-refractivity contribution in [1.29, 1.82) is 0 Å². The Labute approximate surface area is 163 Å². The number of pyridine rings is 1. The van der Waals surface area contributed by atoms with Gasteiger partial charge in [-0.05, 0) is 54.9 Å². The van der Waals surface area contributed by atoms with Crippen LogP contribution in [0.3, 0.4) is 0 Å². The Bertz CT molecular complexity index is 777. The lowest BCUT2D eigenvalue weighted by Gasteiger charge is -2.35. The van der Waals surface area contributed by atoms with E-state index in [1.165, 1.54) is 12.0 Å². The second kappa shape index (κ2) is 8.12. The number of rotatable bonds is 4. The van der Waals surface area contributed by atoms with E-state index in [0.717, 1.165) is 37.2 Å². The van der Waals surface area contributed by atoms with Crippen molar-refractivity contribution in [1.82, 2.24) is 9.88 Å². The Morgan fingerprint density at radius 2 is 1.89 bits per heavy atom. The Morgan fingerprint density at radius 1 is 1.15 bits per heavy atom. The topological polar surface area (TPSA) is 45.2 Å². The minimum absolute atomic E-state index is 0.0979. The first-order valence-electron chi connectivity index (χ1n) is 10.0. The summed E-state index contributed by atoms with van der Waals surface area (Å²) in [6, 6.07) is 10.7. The lowest BCUT2D eigenvalue weighted by Crippen LogP contribution is -2.43. The molecule has 1 aliphatic rings. The highest BCUT2D eigenvalue weighted by atomic mass is 16.2. The van der Waals surface area contributed by atoms with E-state index >= 15 is 0 Å². The highest BCUT2D eigenvalue weighted by Gasteiger charge is 2.26. The lowest BCUT2D eigenvalue weighted by atomic mass is 9.87. The smallest absolute Gasteiger partial charge is 0.255 e. The van der Waals surface area contributed by atoms with Crippen LogP contribution in [0.25, 0.3) is 0 Å². The summed E-state index contributed by atoms with van der Waals surface area (Å²) in [5.41, 5.74) is 3.93. The molecule has 27 heavy (non-hydrogen) atoms. The van der Waals surface area contributed by atoms with Gasteiger partial charge >= 0.3 is 0 Å².